The molecule has 0 aliphatic carbocycles. The number of aryl methyl sites for hydroxylation is 2. The van der Waals surface area contributed by atoms with Gasteiger partial charge in [-0.3, -0.25) is 0 Å². The van der Waals surface area contributed by atoms with E-state index in [1.54, 1.807) is 17.7 Å². The van der Waals surface area contributed by atoms with Crippen molar-refractivity contribution >= 4 is 5.97 Å². The monoisotopic (exact) mass is 195 g/mol. The third kappa shape index (κ3) is 2.42. The van der Waals surface area contributed by atoms with Crippen LogP contribution in [0.2, 0.25) is 0 Å². The SMILES string of the molecule is Cc1nc(C)n(C(C)C=CC(=O)O)n1. The molecule has 1 aromatic rings. The maximum absolute atomic E-state index is 10.3. The van der Waals surface area contributed by atoms with E-state index in [4.69, 9.17) is 5.11 Å². The largest absolute Gasteiger partial charge is 0.478 e. The summed E-state index contributed by atoms with van der Waals surface area (Å²) >= 11 is 0. The third-order valence-corrected chi connectivity index (χ3v) is 1.81. The zero-order valence-corrected chi connectivity index (χ0v) is 8.43. The van der Waals surface area contributed by atoms with Gasteiger partial charge in [0.15, 0.2) is 0 Å². The summed E-state index contributed by atoms with van der Waals surface area (Å²) in [6.07, 6.45) is 2.69. The second kappa shape index (κ2) is 4.04. The number of carboxylic acid groups (broad SMARTS) is 1. The Hall–Kier alpha value is -1.65. The highest BCUT2D eigenvalue weighted by atomic mass is 16.4. The fraction of sp³-hybridized carbons (Fsp3) is 0.444. The summed E-state index contributed by atoms with van der Waals surface area (Å²) in [6.45, 7) is 5.50. The van der Waals surface area contributed by atoms with Crippen LogP contribution in [0.5, 0.6) is 0 Å². The van der Waals surface area contributed by atoms with Gasteiger partial charge in [-0.2, -0.15) is 5.10 Å². The van der Waals surface area contributed by atoms with Gasteiger partial charge in [-0.15, -0.1) is 0 Å². The number of aliphatic carboxylic acids is 1. The minimum absolute atomic E-state index is 0.0905. The average Bonchev–Trinajstić information content (AvgIpc) is 2.41. The van der Waals surface area contributed by atoms with Crippen molar-refractivity contribution in [3.05, 3.63) is 23.8 Å². The Labute approximate surface area is 82.1 Å². The Bertz CT molecular complexity index is 368. The topological polar surface area (TPSA) is 68.0 Å². The summed E-state index contributed by atoms with van der Waals surface area (Å²) in [4.78, 5) is 14.4. The number of nitrogens with zero attached hydrogens (tertiary/aromatic N) is 3. The molecule has 1 aromatic heterocycles. The second-order valence-corrected chi connectivity index (χ2v) is 3.09. The molecule has 1 heterocycles. The van der Waals surface area contributed by atoms with Crippen molar-refractivity contribution in [2.24, 2.45) is 0 Å². The Morgan fingerprint density at radius 3 is 2.64 bits per heavy atom. The Balaban J connectivity index is 2.84. The van der Waals surface area contributed by atoms with E-state index in [9.17, 15) is 4.79 Å². The van der Waals surface area contributed by atoms with Gasteiger partial charge in [-0.25, -0.2) is 14.5 Å². The summed E-state index contributed by atoms with van der Waals surface area (Å²) in [7, 11) is 0. The van der Waals surface area contributed by atoms with E-state index in [1.807, 2.05) is 13.8 Å². The molecule has 0 aromatic carbocycles. The second-order valence-electron chi connectivity index (χ2n) is 3.09. The van der Waals surface area contributed by atoms with Crippen LogP contribution in [0.3, 0.4) is 0 Å². The molecule has 0 saturated carbocycles. The van der Waals surface area contributed by atoms with Gasteiger partial charge in [0, 0.05) is 6.08 Å². The zero-order valence-electron chi connectivity index (χ0n) is 8.43. The molecule has 0 saturated heterocycles. The highest BCUT2D eigenvalue weighted by Gasteiger charge is 2.07. The highest BCUT2D eigenvalue weighted by Crippen LogP contribution is 2.08. The number of carbonyl (C=O) groups is 1. The number of aromatic nitrogens is 3. The molecule has 14 heavy (non-hydrogen) atoms. The van der Waals surface area contributed by atoms with E-state index < -0.39 is 5.97 Å². The smallest absolute Gasteiger partial charge is 0.328 e. The molecule has 0 aliphatic rings. The van der Waals surface area contributed by atoms with Crippen LogP contribution in [0, 0.1) is 13.8 Å². The Morgan fingerprint density at radius 2 is 2.21 bits per heavy atom. The molecule has 1 atom stereocenters. The standard InChI is InChI=1S/C9H13N3O2/c1-6(4-5-9(13)14)12-8(3)10-7(2)11-12/h4-6H,1-3H3,(H,13,14). The van der Waals surface area contributed by atoms with Crippen LogP contribution in [-0.4, -0.2) is 25.8 Å². The van der Waals surface area contributed by atoms with E-state index >= 15 is 0 Å². The Morgan fingerprint density at radius 1 is 1.57 bits per heavy atom. The molecule has 5 nitrogen and oxygen atoms in total. The lowest BCUT2D eigenvalue weighted by Crippen LogP contribution is -2.07. The first-order chi connectivity index (χ1) is 6.50. The summed E-state index contributed by atoms with van der Waals surface area (Å²) in [5.74, 6) is 0.523. The first-order valence-corrected chi connectivity index (χ1v) is 4.31. The van der Waals surface area contributed by atoms with E-state index in [2.05, 4.69) is 10.1 Å². The first-order valence-electron chi connectivity index (χ1n) is 4.31. The lowest BCUT2D eigenvalue weighted by Gasteiger charge is -2.07. The summed E-state index contributed by atoms with van der Waals surface area (Å²) in [6, 6.07) is -0.0905. The quantitative estimate of drug-likeness (QED) is 0.733. The molecule has 1 rings (SSSR count). The van der Waals surface area contributed by atoms with Crippen molar-refractivity contribution in [2.75, 3.05) is 0 Å². The van der Waals surface area contributed by atoms with Crippen molar-refractivity contribution in [3.63, 3.8) is 0 Å². The molecule has 1 unspecified atom stereocenters. The lowest BCUT2D eigenvalue weighted by molar-refractivity contribution is -0.131. The van der Waals surface area contributed by atoms with E-state index in [0.29, 0.717) is 5.82 Å². The van der Waals surface area contributed by atoms with Crippen molar-refractivity contribution < 1.29 is 9.90 Å². The highest BCUT2D eigenvalue weighted by molar-refractivity contribution is 5.79. The summed E-state index contributed by atoms with van der Waals surface area (Å²) < 4.78 is 1.69. The molecular weight excluding hydrogens is 182 g/mol. The van der Waals surface area contributed by atoms with Crippen LogP contribution in [0.25, 0.3) is 0 Å². The van der Waals surface area contributed by atoms with E-state index in [1.165, 1.54) is 0 Å². The number of allylic oxidation sites excluding steroid dienone is 1. The lowest BCUT2D eigenvalue weighted by atomic mass is 10.3. The number of rotatable bonds is 3. The minimum Gasteiger partial charge on any atom is -0.478 e. The van der Waals surface area contributed by atoms with E-state index in [0.717, 1.165) is 11.9 Å². The first kappa shape index (κ1) is 10.4. The normalized spacial score (nSPS) is 13.4. The van der Waals surface area contributed by atoms with Gasteiger partial charge in [-0.05, 0) is 20.8 Å². The van der Waals surface area contributed by atoms with Crippen LogP contribution in [-0.2, 0) is 4.79 Å². The van der Waals surface area contributed by atoms with Gasteiger partial charge in [0.2, 0.25) is 0 Å². The summed E-state index contributed by atoms with van der Waals surface area (Å²) in [5, 5.41) is 12.6. The minimum atomic E-state index is -0.952. The van der Waals surface area contributed by atoms with Gasteiger partial charge in [0.1, 0.15) is 11.6 Å². The fourth-order valence-electron chi connectivity index (χ4n) is 1.22. The van der Waals surface area contributed by atoms with Crippen LogP contribution in [0.4, 0.5) is 0 Å². The van der Waals surface area contributed by atoms with Crippen molar-refractivity contribution in [1.29, 1.82) is 0 Å². The molecule has 5 heteroatoms. The molecule has 0 amide bonds. The van der Waals surface area contributed by atoms with Gasteiger partial charge >= 0.3 is 5.97 Å². The number of hydrogen-bond acceptors (Lipinski definition) is 3. The molecule has 0 bridgehead atoms. The molecular formula is C9H13N3O2. The molecule has 0 aliphatic heterocycles. The molecule has 0 radical (unpaired) electrons. The maximum atomic E-state index is 10.3. The molecule has 76 valence electrons. The summed E-state index contributed by atoms with van der Waals surface area (Å²) in [5.41, 5.74) is 0. The average molecular weight is 195 g/mol. The van der Waals surface area contributed by atoms with Crippen molar-refractivity contribution in [1.82, 2.24) is 14.8 Å². The van der Waals surface area contributed by atoms with Crippen LogP contribution >= 0.6 is 0 Å². The van der Waals surface area contributed by atoms with Crippen LogP contribution in [0.1, 0.15) is 24.6 Å². The van der Waals surface area contributed by atoms with Gasteiger partial charge in [0.05, 0.1) is 6.04 Å². The predicted molar refractivity (Wildman–Crippen MR) is 51.0 cm³/mol. The molecule has 0 spiro atoms. The predicted octanol–water partition coefficient (Wildman–Crippen LogP) is 1.10. The number of carboxylic acids is 1. The maximum Gasteiger partial charge on any atom is 0.328 e. The van der Waals surface area contributed by atoms with Gasteiger partial charge < -0.3 is 5.11 Å². The molecule has 1 N–H and O–H groups in total. The Kier molecular flexibility index (Phi) is 3.01. The van der Waals surface area contributed by atoms with Crippen molar-refractivity contribution in [2.45, 2.75) is 26.8 Å². The van der Waals surface area contributed by atoms with Crippen molar-refractivity contribution in [3.8, 4) is 0 Å². The van der Waals surface area contributed by atoms with Gasteiger partial charge in [-0.1, -0.05) is 6.08 Å². The third-order valence-electron chi connectivity index (χ3n) is 1.81. The van der Waals surface area contributed by atoms with Crippen LogP contribution in [0.15, 0.2) is 12.2 Å². The molecule has 0 fully saturated rings. The fourth-order valence-corrected chi connectivity index (χ4v) is 1.22. The zero-order chi connectivity index (χ0) is 10.7. The van der Waals surface area contributed by atoms with Gasteiger partial charge in [0.25, 0.3) is 0 Å². The number of hydrogen-bond donors (Lipinski definition) is 1. The van der Waals surface area contributed by atoms with E-state index in [-0.39, 0.29) is 6.04 Å². The van der Waals surface area contributed by atoms with Crippen LogP contribution < -0.4 is 0 Å².